The molecule has 0 bridgehead atoms. The second-order valence-electron chi connectivity index (χ2n) is 6.90. The summed E-state index contributed by atoms with van der Waals surface area (Å²) in [5.41, 5.74) is 8.13. The van der Waals surface area contributed by atoms with Gasteiger partial charge in [-0.2, -0.15) is 0 Å². The molecule has 1 saturated heterocycles. The van der Waals surface area contributed by atoms with E-state index in [0.29, 0.717) is 18.0 Å². The van der Waals surface area contributed by atoms with Crippen molar-refractivity contribution in [2.24, 2.45) is 11.1 Å². The third kappa shape index (κ3) is 3.52. The highest BCUT2D eigenvalue weighted by molar-refractivity contribution is 9.10. The smallest absolute Gasteiger partial charge is 0.0470 e. The Hall–Kier alpha value is -0.380. The summed E-state index contributed by atoms with van der Waals surface area (Å²) in [4.78, 5) is 2.61. The van der Waals surface area contributed by atoms with Crippen molar-refractivity contribution >= 4 is 15.9 Å². The van der Waals surface area contributed by atoms with Crippen LogP contribution in [0.1, 0.15) is 56.6 Å². The fraction of sp³-hybridized carbons (Fsp3) is 0.667. The van der Waals surface area contributed by atoms with Crippen molar-refractivity contribution in [2.75, 3.05) is 19.6 Å². The zero-order chi connectivity index (χ0) is 14.7. The van der Waals surface area contributed by atoms with Crippen LogP contribution in [0, 0.1) is 5.41 Å². The van der Waals surface area contributed by atoms with Crippen molar-refractivity contribution in [2.45, 2.75) is 51.0 Å². The van der Waals surface area contributed by atoms with E-state index in [1.54, 1.807) is 0 Å². The number of hydrogen-bond donors (Lipinski definition) is 1. The van der Waals surface area contributed by atoms with E-state index in [1.807, 2.05) is 0 Å². The van der Waals surface area contributed by atoms with Gasteiger partial charge in [-0.1, -0.05) is 47.3 Å². The molecule has 1 spiro atoms. The predicted octanol–water partition coefficient (Wildman–Crippen LogP) is 4.50. The van der Waals surface area contributed by atoms with Gasteiger partial charge in [-0.15, -0.1) is 0 Å². The second-order valence-corrected chi connectivity index (χ2v) is 7.82. The number of nitrogens with two attached hydrogens (primary N) is 1. The zero-order valence-electron chi connectivity index (χ0n) is 12.9. The van der Waals surface area contributed by atoms with Gasteiger partial charge in [0.1, 0.15) is 0 Å². The van der Waals surface area contributed by atoms with E-state index in [0.717, 1.165) is 4.47 Å². The Morgan fingerprint density at radius 1 is 1.00 bits per heavy atom. The van der Waals surface area contributed by atoms with Crippen molar-refractivity contribution in [3.05, 3.63) is 34.3 Å². The molecule has 1 heterocycles. The van der Waals surface area contributed by atoms with Crippen LogP contribution >= 0.6 is 15.9 Å². The zero-order valence-corrected chi connectivity index (χ0v) is 14.4. The van der Waals surface area contributed by atoms with Gasteiger partial charge in [0.25, 0.3) is 0 Å². The third-order valence-corrected chi connectivity index (χ3v) is 6.22. The van der Waals surface area contributed by atoms with Crippen molar-refractivity contribution in [3.8, 4) is 0 Å². The average Bonchev–Trinajstić information content (AvgIpc) is 2.53. The van der Waals surface area contributed by atoms with Crippen LogP contribution in [0.25, 0.3) is 0 Å². The minimum Gasteiger partial charge on any atom is -0.329 e. The van der Waals surface area contributed by atoms with Gasteiger partial charge in [0, 0.05) is 17.1 Å². The van der Waals surface area contributed by atoms with E-state index in [-0.39, 0.29) is 0 Å². The van der Waals surface area contributed by atoms with Crippen LogP contribution < -0.4 is 5.73 Å². The molecule has 1 aliphatic carbocycles. The lowest BCUT2D eigenvalue weighted by Gasteiger charge is -2.46. The molecule has 2 fully saturated rings. The van der Waals surface area contributed by atoms with Crippen LogP contribution in [-0.2, 0) is 0 Å². The summed E-state index contributed by atoms with van der Waals surface area (Å²) in [6.07, 6.45) is 10.0. The van der Waals surface area contributed by atoms with Gasteiger partial charge in [-0.25, -0.2) is 0 Å². The first-order chi connectivity index (χ1) is 10.2. The normalized spacial score (nSPS) is 24.1. The summed E-state index contributed by atoms with van der Waals surface area (Å²) in [7, 11) is 0. The van der Waals surface area contributed by atoms with Crippen LogP contribution in [0.5, 0.6) is 0 Å². The summed E-state index contributed by atoms with van der Waals surface area (Å²) in [6.45, 7) is 3.16. The number of likely N-dealkylation sites (tertiary alicyclic amines) is 1. The molecule has 1 atom stereocenters. The first-order valence-electron chi connectivity index (χ1n) is 8.42. The Bertz CT molecular complexity index is 441. The molecule has 1 aliphatic heterocycles. The van der Waals surface area contributed by atoms with E-state index in [4.69, 9.17) is 5.73 Å². The Morgan fingerprint density at radius 2 is 1.62 bits per heavy atom. The lowest BCUT2D eigenvalue weighted by atomic mass is 9.68. The highest BCUT2D eigenvalue weighted by atomic mass is 79.9. The van der Waals surface area contributed by atoms with E-state index in [1.165, 1.54) is 63.6 Å². The van der Waals surface area contributed by atoms with Crippen molar-refractivity contribution in [3.63, 3.8) is 0 Å². The van der Waals surface area contributed by atoms with Gasteiger partial charge in [-0.3, -0.25) is 4.90 Å². The number of hydrogen-bond acceptors (Lipinski definition) is 2. The number of rotatable bonds is 3. The van der Waals surface area contributed by atoms with Crippen molar-refractivity contribution < 1.29 is 0 Å². The van der Waals surface area contributed by atoms with Crippen LogP contribution in [0.15, 0.2) is 28.7 Å². The molecule has 21 heavy (non-hydrogen) atoms. The Labute approximate surface area is 137 Å². The summed E-state index contributed by atoms with van der Waals surface area (Å²) < 4.78 is 1.14. The average molecular weight is 351 g/mol. The molecule has 1 saturated carbocycles. The van der Waals surface area contributed by atoms with E-state index < -0.39 is 0 Å². The molecule has 116 valence electrons. The maximum absolute atomic E-state index is 6.09. The SMILES string of the molecule is NCC(c1ccc(Br)cc1)N1CCC2(CCCCC2)CC1. The monoisotopic (exact) mass is 350 g/mol. The maximum Gasteiger partial charge on any atom is 0.0470 e. The lowest BCUT2D eigenvalue weighted by molar-refractivity contribution is 0.0464. The molecule has 2 N–H and O–H groups in total. The summed E-state index contributed by atoms with van der Waals surface area (Å²) in [5, 5.41) is 0. The van der Waals surface area contributed by atoms with Gasteiger partial charge in [-0.05, 0) is 61.9 Å². The number of nitrogens with zero attached hydrogens (tertiary/aromatic N) is 1. The molecule has 2 aliphatic rings. The van der Waals surface area contributed by atoms with E-state index in [9.17, 15) is 0 Å². The lowest BCUT2D eigenvalue weighted by Crippen LogP contribution is -2.44. The third-order valence-electron chi connectivity index (χ3n) is 5.69. The highest BCUT2D eigenvalue weighted by Gasteiger charge is 2.37. The van der Waals surface area contributed by atoms with Gasteiger partial charge in [0.2, 0.25) is 0 Å². The Morgan fingerprint density at radius 3 is 2.19 bits per heavy atom. The van der Waals surface area contributed by atoms with Gasteiger partial charge in [0.15, 0.2) is 0 Å². The van der Waals surface area contributed by atoms with Crippen molar-refractivity contribution in [1.82, 2.24) is 4.90 Å². The maximum atomic E-state index is 6.09. The van der Waals surface area contributed by atoms with Gasteiger partial charge >= 0.3 is 0 Å². The summed E-state index contributed by atoms with van der Waals surface area (Å²) in [5.74, 6) is 0. The van der Waals surface area contributed by atoms with Crippen molar-refractivity contribution in [1.29, 1.82) is 0 Å². The Balaban J connectivity index is 1.65. The molecular formula is C18H27BrN2. The molecule has 3 heteroatoms. The summed E-state index contributed by atoms with van der Waals surface area (Å²) in [6, 6.07) is 9.08. The molecule has 1 aromatic rings. The molecule has 3 rings (SSSR count). The fourth-order valence-corrected chi connectivity index (χ4v) is 4.56. The van der Waals surface area contributed by atoms with E-state index in [2.05, 4.69) is 45.1 Å². The summed E-state index contributed by atoms with van der Waals surface area (Å²) >= 11 is 3.52. The second kappa shape index (κ2) is 6.80. The van der Waals surface area contributed by atoms with Crippen LogP contribution in [0.3, 0.4) is 0 Å². The molecular weight excluding hydrogens is 324 g/mol. The van der Waals surface area contributed by atoms with E-state index >= 15 is 0 Å². The minimum atomic E-state index is 0.388. The molecule has 2 nitrogen and oxygen atoms in total. The fourth-order valence-electron chi connectivity index (χ4n) is 4.29. The number of piperidine rings is 1. The molecule has 1 unspecified atom stereocenters. The standard InChI is InChI=1S/C18H27BrN2/c19-16-6-4-15(5-7-16)17(14-20)21-12-10-18(11-13-21)8-2-1-3-9-18/h4-7,17H,1-3,8-14,20H2. The molecule has 0 radical (unpaired) electrons. The minimum absolute atomic E-state index is 0.388. The number of halogens is 1. The first-order valence-corrected chi connectivity index (χ1v) is 9.21. The molecule has 0 amide bonds. The first kappa shape index (κ1) is 15.5. The topological polar surface area (TPSA) is 29.3 Å². The van der Waals surface area contributed by atoms with Crippen LogP contribution in [0.4, 0.5) is 0 Å². The predicted molar refractivity (Wildman–Crippen MR) is 92.3 cm³/mol. The van der Waals surface area contributed by atoms with Gasteiger partial charge in [0.05, 0.1) is 0 Å². The number of benzene rings is 1. The van der Waals surface area contributed by atoms with Crippen LogP contribution in [-0.4, -0.2) is 24.5 Å². The molecule has 1 aromatic carbocycles. The largest absolute Gasteiger partial charge is 0.329 e. The molecule has 0 aromatic heterocycles. The quantitative estimate of drug-likeness (QED) is 0.869. The Kier molecular flexibility index (Phi) is 5.03. The highest BCUT2D eigenvalue weighted by Crippen LogP contribution is 2.45. The van der Waals surface area contributed by atoms with Crippen LogP contribution in [0.2, 0.25) is 0 Å². The van der Waals surface area contributed by atoms with Gasteiger partial charge < -0.3 is 5.73 Å².